The molecule has 0 heterocycles. The molecule has 0 aliphatic heterocycles. The summed E-state index contributed by atoms with van der Waals surface area (Å²) in [5.74, 6) is 0.255. The number of hydrogen-bond acceptors (Lipinski definition) is 5. The Kier molecular flexibility index (Phi) is 7.86. The van der Waals surface area contributed by atoms with Gasteiger partial charge in [-0.1, -0.05) is 25.4 Å². The normalized spacial score (nSPS) is 12.4. The molecule has 0 aromatic heterocycles. The SMILES string of the molecule is CC(C)(CCCCNCCOC(N)=O)C(N)=NO. The van der Waals surface area contributed by atoms with Crippen LogP contribution in [0.25, 0.3) is 0 Å². The van der Waals surface area contributed by atoms with Gasteiger partial charge in [0.15, 0.2) is 0 Å². The highest BCUT2D eigenvalue weighted by molar-refractivity contribution is 5.85. The van der Waals surface area contributed by atoms with Crippen molar-refractivity contribution in [1.82, 2.24) is 5.32 Å². The Morgan fingerprint density at radius 2 is 2.00 bits per heavy atom. The monoisotopic (exact) mass is 260 g/mol. The number of carbonyl (C=O) groups is 1. The van der Waals surface area contributed by atoms with Crippen LogP contribution in [0.4, 0.5) is 4.79 Å². The molecule has 6 N–H and O–H groups in total. The molecule has 0 aliphatic rings. The van der Waals surface area contributed by atoms with Gasteiger partial charge in [0.05, 0.1) is 0 Å². The van der Waals surface area contributed by atoms with Gasteiger partial charge >= 0.3 is 6.09 Å². The van der Waals surface area contributed by atoms with Crippen LogP contribution in [-0.2, 0) is 4.74 Å². The van der Waals surface area contributed by atoms with Crippen molar-refractivity contribution in [3.63, 3.8) is 0 Å². The van der Waals surface area contributed by atoms with E-state index in [2.05, 4.69) is 15.2 Å². The first-order valence-electron chi connectivity index (χ1n) is 6.01. The fraction of sp³-hybridized carbons (Fsp3) is 0.818. The summed E-state index contributed by atoms with van der Waals surface area (Å²) in [6.45, 7) is 5.58. The summed E-state index contributed by atoms with van der Waals surface area (Å²) in [5, 5.41) is 14.8. The molecule has 0 unspecified atom stereocenters. The zero-order valence-electron chi connectivity index (χ0n) is 11.1. The summed E-state index contributed by atoms with van der Waals surface area (Å²) in [6.07, 6.45) is 2.03. The highest BCUT2D eigenvalue weighted by atomic mass is 16.5. The third kappa shape index (κ3) is 7.72. The first-order chi connectivity index (χ1) is 8.40. The second-order valence-electron chi connectivity index (χ2n) is 4.74. The van der Waals surface area contributed by atoms with E-state index in [0.29, 0.717) is 6.54 Å². The maximum Gasteiger partial charge on any atom is 0.404 e. The number of unbranched alkanes of at least 4 members (excludes halogenated alkanes) is 1. The number of carbonyl (C=O) groups excluding carboxylic acids is 1. The van der Waals surface area contributed by atoms with Crippen molar-refractivity contribution in [1.29, 1.82) is 0 Å². The van der Waals surface area contributed by atoms with Crippen molar-refractivity contribution in [2.75, 3.05) is 19.7 Å². The van der Waals surface area contributed by atoms with E-state index in [1.54, 1.807) is 0 Å². The van der Waals surface area contributed by atoms with E-state index >= 15 is 0 Å². The zero-order valence-corrected chi connectivity index (χ0v) is 11.1. The molecule has 1 amide bonds. The fourth-order valence-corrected chi connectivity index (χ4v) is 1.43. The van der Waals surface area contributed by atoms with Crippen molar-refractivity contribution in [3.05, 3.63) is 0 Å². The lowest BCUT2D eigenvalue weighted by molar-refractivity contribution is 0.157. The van der Waals surface area contributed by atoms with Gasteiger partial charge in [0.25, 0.3) is 0 Å². The molecule has 0 fully saturated rings. The van der Waals surface area contributed by atoms with Gasteiger partial charge in [-0.2, -0.15) is 0 Å². The lowest BCUT2D eigenvalue weighted by Crippen LogP contribution is -2.32. The second kappa shape index (κ2) is 8.57. The molecule has 0 atom stereocenters. The van der Waals surface area contributed by atoms with Crippen molar-refractivity contribution in [3.8, 4) is 0 Å². The minimum absolute atomic E-state index is 0.255. The maximum absolute atomic E-state index is 10.3. The van der Waals surface area contributed by atoms with Crippen LogP contribution in [-0.4, -0.2) is 36.8 Å². The summed E-state index contributed by atoms with van der Waals surface area (Å²) in [6, 6.07) is 0. The van der Waals surface area contributed by atoms with Crippen LogP contribution in [0.1, 0.15) is 33.1 Å². The highest BCUT2D eigenvalue weighted by Gasteiger charge is 2.22. The van der Waals surface area contributed by atoms with Gasteiger partial charge in [0.1, 0.15) is 12.4 Å². The molecule has 106 valence electrons. The first-order valence-corrected chi connectivity index (χ1v) is 6.01. The van der Waals surface area contributed by atoms with Gasteiger partial charge in [-0.3, -0.25) is 0 Å². The van der Waals surface area contributed by atoms with E-state index in [1.165, 1.54) is 0 Å². The Hall–Kier alpha value is -1.50. The number of hydrogen-bond donors (Lipinski definition) is 4. The number of oxime groups is 1. The van der Waals surface area contributed by atoms with Crippen molar-refractivity contribution in [2.45, 2.75) is 33.1 Å². The molecule has 0 aromatic carbocycles. The van der Waals surface area contributed by atoms with Gasteiger partial charge in [-0.15, -0.1) is 0 Å². The molecule has 0 bridgehead atoms. The van der Waals surface area contributed by atoms with Crippen LogP contribution in [0.15, 0.2) is 5.16 Å². The van der Waals surface area contributed by atoms with Crippen molar-refractivity contribution >= 4 is 11.9 Å². The number of nitrogens with zero attached hydrogens (tertiary/aromatic N) is 1. The minimum atomic E-state index is -0.752. The molecule has 18 heavy (non-hydrogen) atoms. The number of primary amides is 1. The first kappa shape index (κ1) is 16.5. The molecule has 0 aromatic rings. The largest absolute Gasteiger partial charge is 0.448 e. The van der Waals surface area contributed by atoms with Crippen LogP contribution in [0.3, 0.4) is 0 Å². The van der Waals surface area contributed by atoms with Gasteiger partial charge in [-0.25, -0.2) is 4.79 Å². The van der Waals surface area contributed by atoms with E-state index < -0.39 is 6.09 Å². The predicted molar refractivity (Wildman–Crippen MR) is 69.4 cm³/mol. The van der Waals surface area contributed by atoms with Crippen molar-refractivity contribution < 1.29 is 14.7 Å². The van der Waals surface area contributed by atoms with Gasteiger partial charge in [0, 0.05) is 12.0 Å². The molecule has 0 spiro atoms. The minimum Gasteiger partial charge on any atom is -0.448 e. The van der Waals surface area contributed by atoms with Crippen LogP contribution in [0.5, 0.6) is 0 Å². The average molecular weight is 260 g/mol. The fourth-order valence-electron chi connectivity index (χ4n) is 1.43. The third-order valence-corrected chi connectivity index (χ3v) is 2.73. The standard InChI is InChI=1S/C11H24N4O3/c1-11(2,9(12)15-17)5-3-4-6-14-7-8-18-10(13)16/h14,17H,3-8H2,1-2H3,(H2,12,15)(H2,13,16). The summed E-state index contributed by atoms with van der Waals surface area (Å²) in [7, 11) is 0. The quantitative estimate of drug-likeness (QED) is 0.159. The van der Waals surface area contributed by atoms with Gasteiger partial charge in [0.2, 0.25) is 0 Å². The topological polar surface area (TPSA) is 123 Å². The summed E-state index contributed by atoms with van der Waals surface area (Å²) >= 11 is 0. The second-order valence-corrected chi connectivity index (χ2v) is 4.74. The molecule has 0 saturated heterocycles. The smallest absolute Gasteiger partial charge is 0.404 e. The Labute approximate surface area is 108 Å². The van der Waals surface area contributed by atoms with E-state index in [9.17, 15) is 4.79 Å². The summed E-state index contributed by atoms with van der Waals surface area (Å²) in [5.41, 5.74) is 10.1. The Bertz CT molecular complexity index is 279. The maximum atomic E-state index is 10.3. The van der Waals surface area contributed by atoms with Crippen LogP contribution >= 0.6 is 0 Å². The zero-order chi connectivity index (χ0) is 14.0. The van der Waals surface area contributed by atoms with E-state index in [4.69, 9.17) is 16.7 Å². The summed E-state index contributed by atoms with van der Waals surface area (Å²) < 4.78 is 4.56. The number of amides is 1. The number of rotatable bonds is 9. The van der Waals surface area contributed by atoms with Crippen LogP contribution in [0.2, 0.25) is 0 Å². The molecule has 0 rings (SSSR count). The number of nitrogens with one attached hydrogen (secondary N) is 1. The lowest BCUT2D eigenvalue weighted by atomic mass is 9.86. The Balaban J connectivity index is 3.49. The molecular formula is C11H24N4O3. The molecule has 0 radical (unpaired) electrons. The van der Waals surface area contributed by atoms with Crippen molar-refractivity contribution in [2.24, 2.45) is 22.0 Å². The molecule has 0 aliphatic carbocycles. The molecule has 0 saturated carbocycles. The number of amidine groups is 1. The predicted octanol–water partition coefficient (Wildman–Crippen LogP) is 0.614. The number of ether oxygens (including phenoxy) is 1. The molecule has 7 nitrogen and oxygen atoms in total. The van der Waals surface area contributed by atoms with Gasteiger partial charge in [-0.05, 0) is 19.4 Å². The third-order valence-electron chi connectivity index (χ3n) is 2.73. The van der Waals surface area contributed by atoms with E-state index in [-0.39, 0.29) is 17.9 Å². The molecular weight excluding hydrogens is 236 g/mol. The lowest BCUT2D eigenvalue weighted by Gasteiger charge is -2.22. The van der Waals surface area contributed by atoms with Gasteiger partial charge < -0.3 is 26.7 Å². The van der Waals surface area contributed by atoms with E-state index in [0.717, 1.165) is 25.8 Å². The Morgan fingerprint density at radius 3 is 2.56 bits per heavy atom. The average Bonchev–Trinajstić information content (AvgIpc) is 2.30. The van der Waals surface area contributed by atoms with Crippen LogP contribution in [0, 0.1) is 5.41 Å². The highest BCUT2D eigenvalue weighted by Crippen LogP contribution is 2.22. The van der Waals surface area contributed by atoms with Crippen LogP contribution < -0.4 is 16.8 Å². The summed E-state index contributed by atoms with van der Waals surface area (Å²) in [4.78, 5) is 10.3. The van der Waals surface area contributed by atoms with E-state index in [1.807, 2.05) is 13.8 Å². The Morgan fingerprint density at radius 1 is 1.33 bits per heavy atom. The number of nitrogens with two attached hydrogens (primary N) is 2. The molecule has 7 heteroatoms.